The molecule has 0 aliphatic carbocycles. The number of hydrogen-bond donors (Lipinski definition) is 1. The maximum Gasteiger partial charge on any atom is 0.258 e. The van der Waals surface area contributed by atoms with Gasteiger partial charge < -0.3 is 9.84 Å². The normalized spacial score (nSPS) is 10.7. The average Bonchev–Trinajstić information content (AvgIpc) is 2.93. The Balaban J connectivity index is 1.76. The fraction of sp³-hybridized carbons (Fsp3) is 0.167. The predicted octanol–water partition coefficient (Wildman–Crippen LogP) is 4.88. The van der Waals surface area contributed by atoms with Crippen molar-refractivity contribution >= 4 is 35.0 Å². The molecule has 0 unspecified atom stereocenters. The number of hydrogen-bond acceptors (Lipinski definition) is 5. The van der Waals surface area contributed by atoms with Gasteiger partial charge >= 0.3 is 0 Å². The number of anilines is 1. The molecule has 2 aromatic heterocycles. The second-order valence-corrected chi connectivity index (χ2v) is 6.81. The molecule has 128 valence electrons. The van der Waals surface area contributed by atoms with Gasteiger partial charge in [0.05, 0.1) is 11.3 Å². The molecule has 0 atom stereocenters. The highest BCUT2D eigenvalue weighted by Gasteiger charge is 2.15. The first-order chi connectivity index (χ1) is 12.0. The van der Waals surface area contributed by atoms with E-state index in [0.717, 1.165) is 17.0 Å². The number of carbonyl (C=O) groups is 1. The van der Waals surface area contributed by atoms with Crippen LogP contribution in [-0.2, 0) is 5.75 Å². The molecule has 3 aromatic rings. The van der Waals surface area contributed by atoms with Crippen molar-refractivity contribution in [3.8, 4) is 0 Å². The summed E-state index contributed by atoms with van der Waals surface area (Å²) in [6, 6.07) is 10.5. The summed E-state index contributed by atoms with van der Waals surface area (Å²) in [6.45, 7) is 3.78. The van der Waals surface area contributed by atoms with E-state index >= 15 is 0 Å². The molecule has 0 aliphatic rings. The Hall–Kier alpha value is -2.31. The van der Waals surface area contributed by atoms with E-state index in [1.54, 1.807) is 42.6 Å². The Bertz CT molecular complexity index is 874. The lowest BCUT2D eigenvalue weighted by Crippen LogP contribution is -2.13. The third-order valence-electron chi connectivity index (χ3n) is 3.65. The molecule has 0 saturated heterocycles. The van der Waals surface area contributed by atoms with E-state index in [2.05, 4.69) is 15.5 Å². The Morgan fingerprint density at radius 2 is 2.00 bits per heavy atom. The van der Waals surface area contributed by atoms with Crippen LogP contribution in [0.1, 0.15) is 27.4 Å². The summed E-state index contributed by atoms with van der Waals surface area (Å²) in [5, 5.41) is 8.09. The van der Waals surface area contributed by atoms with Crippen LogP contribution < -0.4 is 5.32 Å². The lowest BCUT2D eigenvalue weighted by Gasteiger charge is -2.09. The topological polar surface area (TPSA) is 68.0 Å². The minimum atomic E-state index is -0.211. The second-order valence-electron chi connectivity index (χ2n) is 5.41. The summed E-state index contributed by atoms with van der Waals surface area (Å²) in [6.07, 6.45) is 1.68. The highest BCUT2D eigenvalue weighted by atomic mass is 35.5. The van der Waals surface area contributed by atoms with Crippen molar-refractivity contribution in [3.63, 3.8) is 0 Å². The monoisotopic (exact) mass is 373 g/mol. The molecule has 0 spiro atoms. The number of aryl methyl sites for hydroxylation is 2. The Morgan fingerprint density at radius 3 is 2.68 bits per heavy atom. The van der Waals surface area contributed by atoms with Crippen LogP contribution in [0.15, 0.2) is 52.1 Å². The van der Waals surface area contributed by atoms with Gasteiger partial charge in [-0.1, -0.05) is 16.8 Å². The van der Waals surface area contributed by atoms with E-state index in [9.17, 15) is 4.79 Å². The van der Waals surface area contributed by atoms with Gasteiger partial charge in [-0.25, -0.2) is 4.98 Å². The van der Waals surface area contributed by atoms with Crippen molar-refractivity contribution < 1.29 is 9.32 Å². The standard InChI is InChI=1S/C18H16ClN3O2S/c1-11-16(12(2)24-22-11)10-25-18-15(4-3-9-20-18)17(23)21-14-7-5-13(19)6-8-14/h3-9H,10H2,1-2H3,(H,21,23). The number of carbonyl (C=O) groups excluding carboxylic acids is 1. The lowest BCUT2D eigenvalue weighted by atomic mass is 10.2. The van der Waals surface area contributed by atoms with Crippen LogP contribution in [0, 0.1) is 13.8 Å². The van der Waals surface area contributed by atoms with E-state index in [0.29, 0.717) is 27.1 Å². The SMILES string of the molecule is Cc1noc(C)c1CSc1ncccc1C(=O)Nc1ccc(Cl)cc1. The van der Waals surface area contributed by atoms with Crippen molar-refractivity contribution in [1.29, 1.82) is 0 Å². The van der Waals surface area contributed by atoms with Crippen LogP contribution in [0.3, 0.4) is 0 Å². The van der Waals surface area contributed by atoms with Crippen LogP contribution in [0.5, 0.6) is 0 Å². The number of thioether (sulfide) groups is 1. The van der Waals surface area contributed by atoms with Gasteiger partial charge in [0.15, 0.2) is 0 Å². The molecule has 1 amide bonds. The molecule has 5 nitrogen and oxygen atoms in total. The van der Waals surface area contributed by atoms with E-state index in [1.807, 2.05) is 13.8 Å². The highest BCUT2D eigenvalue weighted by Crippen LogP contribution is 2.27. The summed E-state index contributed by atoms with van der Waals surface area (Å²) in [5.74, 6) is 1.21. The summed E-state index contributed by atoms with van der Waals surface area (Å²) >= 11 is 7.35. The zero-order valence-corrected chi connectivity index (χ0v) is 15.3. The number of nitrogens with one attached hydrogen (secondary N) is 1. The summed E-state index contributed by atoms with van der Waals surface area (Å²) in [5.41, 5.74) is 3.09. The maximum atomic E-state index is 12.6. The summed E-state index contributed by atoms with van der Waals surface area (Å²) < 4.78 is 5.18. The van der Waals surface area contributed by atoms with Gasteiger partial charge in [-0.05, 0) is 50.2 Å². The smallest absolute Gasteiger partial charge is 0.258 e. The number of pyridine rings is 1. The quantitative estimate of drug-likeness (QED) is 0.645. The molecule has 0 radical (unpaired) electrons. The van der Waals surface area contributed by atoms with Crippen LogP contribution >= 0.6 is 23.4 Å². The largest absolute Gasteiger partial charge is 0.361 e. The van der Waals surface area contributed by atoms with Crippen LogP contribution in [0.4, 0.5) is 5.69 Å². The third-order valence-corrected chi connectivity index (χ3v) is 4.94. The van der Waals surface area contributed by atoms with Crippen molar-refractivity contribution in [1.82, 2.24) is 10.1 Å². The molecule has 2 heterocycles. The van der Waals surface area contributed by atoms with Gasteiger partial charge in [0.2, 0.25) is 0 Å². The van der Waals surface area contributed by atoms with E-state index in [4.69, 9.17) is 16.1 Å². The molecule has 0 aliphatic heterocycles. The zero-order valence-electron chi connectivity index (χ0n) is 13.7. The van der Waals surface area contributed by atoms with Gasteiger partial charge in [0.1, 0.15) is 10.8 Å². The van der Waals surface area contributed by atoms with Gasteiger partial charge in [-0.2, -0.15) is 0 Å². The molecular weight excluding hydrogens is 358 g/mol. The molecular formula is C18H16ClN3O2S. The van der Waals surface area contributed by atoms with Crippen LogP contribution in [0.2, 0.25) is 5.02 Å². The third kappa shape index (κ3) is 4.21. The van der Waals surface area contributed by atoms with Crippen molar-refractivity contribution in [2.75, 3.05) is 5.32 Å². The number of aromatic nitrogens is 2. The highest BCUT2D eigenvalue weighted by molar-refractivity contribution is 7.98. The summed E-state index contributed by atoms with van der Waals surface area (Å²) in [7, 11) is 0. The molecule has 0 bridgehead atoms. The molecule has 0 saturated carbocycles. The van der Waals surface area contributed by atoms with Gasteiger partial charge in [0.25, 0.3) is 5.91 Å². The van der Waals surface area contributed by atoms with E-state index < -0.39 is 0 Å². The minimum absolute atomic E-state index is 0.211. The molecule has 3 rings (SSSR count). The maximum absolute atomic E-state index is 12.6. The number of halogens is 1. The van der Waals surface area contributed by atoms with E-state index in [-0.39, 0.29) is 5.91 Å². The van der Waals surface area contributed by atoms with E-state index in [1.165, 1.54) is 11.8 Å². The summed E-state index contributed by atoms with van der Waals surface area (Å²) in [4.78, 5) is 16.9. The molecule has 7 heteroatoms. The Labute approximate surface area is 154 Å². The second kappa shape index (κ2) is 7.72. The molecule has 1 aromatic carbocycles. The molecule has 25 heavy (non-hydrogen) atoms. The first kappa shape index (κ1) is 17.5. The average molecular weight is 374 g/mol. The zero-order chi connectivity index (χ0) is 17.8. The van der Waals surface area contributed by atoms with Crippen molar-refractivity contribution in [3.05, 3.63) is 70.2 Å². The number of amides is 1. The lowest BCUT2D eigenvalue weighted by molar-refractivity contribution is 0.102. The first-order valence-corrected chi connectivity index (χ1v) is 8.97. The van der Waals surface area contributed by atoms with Crippen LogP contribution in [-0.4, -0.2) is 16.0 Å². The van der Waals surface area contributed by atoms with Gasteiger partial charge in [0, 0.05) is 28.2 Å². The van der Waals surface area contributed by atoms with Crippen LogP contribution in [0.25, 0.3) is 0 Å². The number of nitrogens with zero attached hydrogens (tertiary/aromatic N) is 2. The number of rotatable bonds is 5. The Kier molecular flexibility index (Phi) is 5.40. The molecule has 1 N–H and O–H groups in total. The fourth-order valence-corrected chi connectivity index (χ4v) is 3.53. The fourth-order valence-electron chi connectivity index (χ4n) is 2.26. The minimum Gasteiger partial charge on any atom is -0.361 e. The molecule has 0 fully saturated rings. The number of benzene rings is 1. The van der Waals surface area contributed by atoms with Gasteiger partial charge in [-0.15, -0.1) is 11.8 Å². The van der Waals surface area contributed by atoms with Gasteiger partial charge in [-0.3, -0.25) is 4.79 Å². The van der Waals surface area contributed by atoms with Crippen molar-refractivity contribution in [2.24, 2.45) is 0 Å². The first-order valence-electron chi connectivity index (χ1n) is 7.61. The predicted molar refractivity (Wildman–Crippen MR) is 99.2 cm³/mol. The van der Waals surface area contributed by atoms with Crippen molar-refractivity contribution in [2.45, 2.75) is 24.6 Å². The Morgan fingerprint density at radius 1 is 1.24 bits per heavy atom.